The Kier molecular flexibility index (Phi) is 4.30. The average molecular weight is 361 g/mol. The summed E-state index contributed by atoms with van der Waals surface area (Å²) in [5, 5.41) is 9.41. The van der Waals surface area contributed by atoms with Crippen LogP contribution in [0.5, 0.6) is 5.75 Å². The van der Waals surface area contributed by atoms with E-state index >= 15 is 0 Å². The van der Waals surface area contributed by atoms with E-state index in [-0.39, 0.29) is 10.5 Å². The van der Waals surface area contributed by atoms with E-state index in [1.165, 1.54) is 12.1 Å². The zero-order valence-corrected chi connectivity index (χ0v) is 14.7. The van der Waals surface area contributed by atoms with Gasteiger partial charge in [0.05, 0.1) is 4.90 Å². The number of sulfonamides is 1. The summed E-state index contributed by atoms with van der Waals surface area (Å²) < 4.78 is 33.3. The van der Waals surface area contributed by atoms with E-state index in [0.717, 1.165) is 5.56 Å². The number of fused-ring (bicyclic) bond motifs is 1. The van der Waals surface area contributed by atoms with Crippen LogP contribution in [-0.2, 0) is 21.2 Å². The number of aliphatic carboxylic acids is 1. The standard InChI is InChI=1S/C18H19NO5S/c1-18(2)11-13-10-14(8-9-15(13)24-18)25(22,23)19-16(17(20)21)12-6-4-3-5-7-12/h3-10,16,19H,11H2,1-2H3,(H,20,21)/t16-/m0/s1. The van der Waals surface area contributed by atoms with Crippen LogP contribution in [0.25, 0.3) is 0 Å². The van der Waals surface area contributed by atoms with Crippen molar-refractivity contribution in [1.29, 1.82) is 0 Å². The van der Waals surface area contributed by atoms with E-state index in [1.807, 2.05) is 13.8 Å². The first kappa shape index (κ1) is 17.4. The predicted octanol–water partition coefficient (Wildman–Crippen LogP) is 2.50. The largest absolute Gasteiger partial charge is 0.487 e. The van der Waals surface area contributed by atoms with Crippen LogP contribution < -0.4 is 9.46 Å². The molecule has 0 aliphatic carbocycles. The van der Waals surface area contributed by atoms with Gasteiger partial charge in [-0.2, -0.15) is 4.72 Å². The molecule has 7 heteroatoms. The number of carboxylic acid groups (broad SMARTS) is 1. The molecule has 1 aliphatic rings. The number of carbonyl (C=O) groups is 1. The first-order valence-corrected chi connectivity index (χ1v) is 9.28. The van der Waals surface area contributed by atoms with Crippen molar-refractivity contribution in [3.05, 3.63) is 59.7 Å². The summed E-state index contributed by atoms with van der Waals surface area (Å²) in [7, 11) is -4.00. The maximum absolute atomic E-state index is 12.7. The van der Waals surface area contributed by atoms with E-state index in [2.05, 4.69) is 4.72 Å². The molecule has 0 unspecified atom stereocenters. The summed E-state index contributed by atoms with van der Waals surface area (Å²) in [6.07, 6.45) is 0.590. The van der Waals surface area contributed by atoms with E-state index in [0.29, 0.717) is 17.7 Å². The summed E-state index contributed by atoms with van der Waals surface area (Å²) in [6, 6.07) is 11.4. The fraction of sp³-hybridized carbons (Fsp3) is 0.278. The van der Waals surface area contributed by atoms with Crippen LogP contribution >= 0.6 is 0 Å². The van der Waals surface area contributed by atoms with Crippen molar-refractivity contribution >= 4 is 16.0 Å². The maximum atomic E-state index is 12.7. The molecule has 1 aliphatic heterocycles. The molecule has 0 amide bonds. The van der Waals surface area contributed by atoms with Gasteiger partial charge in [0.25, 0.3) is 0 Å². The van der Waals surface area contributed by atoms with Gasteiger partial charge in [0, 0.05) is 6.42 Å². The summed E-state index contributed by atoms with van der Waals surface area (Å²) in [6.45, 7) is 3.85. The Hall–Kier alpha value is -2.38. The van der Waals surface area contributed by atoms with Crippen LogP contribution in [0.3, 0.4) is 0 Å². The van der Waals surface area contributed by atoms with E-state index < -0.39 is 22.0 Å². The average Bonchev–Trinajstić information content (AvgIpc) is 2.86. The van der Waals surface area contributed by atoms with Gasteiger partial charge in [-0.05, 0) is 43.2 Å². The molecule has 0 radical (unpaired) electrons. The third kappa shape index (κ3) is 3.67. The summed E-state index contributed by atoms with van der Waals surface area (Å²) in [5.74, 6) is -0.609. The van der Waals surface area contributed by atoms with Gasteiger partial charge in [-0.1, -0.05) is 30.3 Å². The second kappa shape index (κ2) is 6.16. The quantitative estimate of drug-likeness (QED) is 0.854. The Morgan fingerprint density at radius 1 is 1.20 bits per heavy atom. The third-order valence-electron chi connectivity index (χ3n) is 4.00. The molecule has 2 aromatic rings. The normalized spacial score (nSPS) is 16.7. The van der Waals surface area contributed by atoms with E-state index in [4.69, 9.17) is 4.74 Å². The van der Waals surface area contributed by atoms with E-state index in [1.54, 1.807) is 36.4 Å². The summed E-state index contributed by atoms with van der Waals surface area (Å²) in [4.78, 5) is 11.6. The zero-order valence-electron chi connectivity index (χ0n) is 13.9. The Labute approximate surface area is 146 Å². The monoisotopic (exact) mass is 361 g/mol. The van der Waals surface area contributed by atoms with Crippen LogP contribution in [0.1, 0.15) is 31.0 Å². The van der Waals surface area contributed by atoms with Crippen molar-refractivity contribution in [3.8, 4) is 5.75 Å². The highest BCUT2D eigenvalue weighted by Crippen LogP contribution is 2.36. The van der Waals surface area contributed by atoms with Gasteiger partial charge < -0.3 is 9.84 Å². The molecule has 2 aromatic carbocycles. The van der Waals surface area contributed by atoms with Crippen LogP contribution in [0, 0.1) is 0 Å². The number of benzene rings is 2. The van der Waals surface area contributed by atoms with Crippen molar-refractivity contribution < 1.29 is 23.1 Å². The highest BCUT2D eigenvalue weighted by atomic mass is 32.2. The second-order valence-corrected chi connectivity index (χ2v) is 8.33. The molecule has 25 heavy (non-hydrogen) atoms. The number of hydrogen-bond acceptors (Lipinski definition) is 4. The smallest absolute Gasteiger partial charge is 0.326 e. The molecular weight excluding hydrogens is 342 g/mol. The first-order chi connectivity index (χ1) is 11.7. The summed E-state index contributed by atoms with van der Waals surface area (Å²) in [5.41, 5.74) is 0.773. The fourth-order valence-corrected chi connectivity index (χ4v) is 4.11. The molecule has 0 saturated heterocycles. The Morgan fingerprint density at radius 3 is 2.52 bits per heavy atom. The molecule has 6 nitrogen and oxygen atoms in total. The van der Waals surface area contributed by atoms with Crippen molar-refractivity contribution in [2.45, 2.75) is 36.8 Å². The maximum Gasteiger partial charge on any atom is 0.326 e. The minimum atomic E-state index is -4.00. The lowest BCUT2D eigenvalue weighted by molar-refractivity contribution is -0.139. The minimum Gasteiger partial charge on any atom is -0.487 e. The van der Waals surface area contributed by atoms with Gasteiger partial charge in [-0.25, -0.2) is 8.42 Å². The predicted molar refractivity (Wildman–Crippen MR) is 92.0 cm³/mol. The van der Waals surface area contributed by atoms with Gasteiger partial charge in [0.15, 0.2) is 0 Å². The topological polar surface area (TPSA) is 92.7 Å². The SMILES string of the molecule is CC1(C)Cc2cc(S(=O)(=O)N[C@H](C(=O)O)c3ccccc3)ccc2O1. The molecule has 3 rings (SSSR count). The first-order valence-electron chi connectivity index (χ1n) is 7.80. The van der Waals surface area contributed by atoms with Crippen LogP contribution in [0.4, 0.5) is 0 Å². The molecule has 0 aromatic heterocycles. The molecule has 1 heterocycles. The molecule has 0 bridgehead atoms. The Morgan fingerprint density at radius 2 is 1.88 bits per heavy atom. The number of carboxylic acids is 1. The highest BCUT2D eigenvalue weighted by molar-refractivity contribution is 7.89. The number of ether oxygens (including phenoxy) is 1. The molecule has 0 fully saturated rings. The molecule has 132 valence electrons. The Bertz CT molecular complexity index is 906. The lowest BCUT2D eigenvalue weighted by Gasteiger charge is -2.16. The van der Waals surface area contributed by atoms with Gasteiger partial charge in [-0.15, -0.1) is 0 Å². The number of hydrogen-bond donors (Lipinski definition) is 2. The van der Waals surface area contributed by atoms with Crippen molar-refractivity contribution in [2.24, 2.45) is 0 Å². The molecule has 0 spiro atoms. The van der Waals surface area contributed by atoms with Crippen molar-refractivity contribution in [1.82, 2.24) is 4.72 Å². The van der Waals surface area contributed by atoms with Crippen LogP contribution in [0.15, 0.2) is 53.4 Å². The lowest BCUT2D eigenvalue weighted by Crippen LogP contribution is -2.33. The Balaban J connectivity index is 1.91. The highest BCUT2D eigenvalue weighted by Gasteiger charge is 2.32. The summed E-state index contributed by atoms with van der Waals surface area (Å²) >= 11 is 0. The lowest BCUT2D eigenvalue weighted by atomic mass is 10.0. The molecular formula is C18H19NO5S. The van der Waals surface area contributed by atoms with Crippen molar-refractivity contribution in [3.63, 3.8) is 0 Å². The second-order valence-electron chi connectivity index (χ2n) is 6.61. The number of rotatable bonds is 5. The number of nitrogens with one attached hydrogen (secondary N) is 1. The van der Waals surface area contributed by atoms with Crippen LogP contribution in [-0.4, -0.2) is 25.1 Å². The van der Waals surface area contributed by atoms with Crippen molar-refractivity contribution in [2.75, 3.05) is 0 Å². The third-order valence-corrected chi connectivity index (χ3v) is 5.42. The zero-order chi connectivity index (χ0) is 18.2. The molecule has 1 atom stereocenters. The van der Waals surface area contributed by atoms with Gasteiger partial charge in [-0.3, -0.25) is 4.79 Å². The minimum absolute atomic E-state index is 0.0229. The van der Waals surface area contributed by atoms with Gasteiger partial charge in [0.1, 0.15) is 17.4 Å². The molecule has 0 saturated carbocycles. The molecule has 2 N–H and O–H groups in total. The van der Waals surface area contributed by atoms with Gasteiger partial charge in [0.2, 0.25) is 10.0 Å². The fourth-order valence-electron chi connectivity index (χ4n) is 2.88. The van der Waals surface area contributed by atoms with Crippen LogP contribution in [0.2, 0.25) is 0 Å². The van der Waals surface area contributed by atoms with Gasteiger partial charge >= 0.3 is 5.97 Å². The van der Waals surface area contributed by atoms with E-state index in [9.17, 15) is 18.3 Å².